The number of carbonyl (C=O) groups is 2. The Balaban J connectivity index is 2.25. The van der Waals surface area contributed by atoms with Crippen LogP contribution in [0.1, 0.15) is 22.3 Å². The van der Waals surface area contributed by atoms with E-state index >= 15 is 0 Å². The highest BCUT2D eigenvalue weighted by Crippen LogP contribution is 2.33. The van der Waals surface area contributed by atoms with Gasteiger partial charge < -0.3 is 10.0 Å². The van der Waals surface area contributed by atoms with E-state index in [1.54, 1.807) is 0 Å². The van der Waals surface area contributed by atoms with Crippen molar-refractivity contribution in [1.82, 2.24) is 4.90 Å². The largest absolute Gasteiger partial charge is 0.481 e. The summed E-state index contributed by atoms with van der Waals surface area (Å²) in [5, 5.41) is 8.85. The number of carbonyl (C=O) groups excluding carboxylic acids is 1. The number of amides is 1. The Morgan fingerprint density at radius 1 is 1.25 bits per heavy atom. The third-order valence-corrected chi connectivity index (χ3v) is 3.29. The minimum absolute atomic E-state index is 0.0552. The second-order valence-corrected chi connectivity index (χ2v) is 4.62. The zero-order valence-electron chi connectivity index (χ0n) is 10.4. The second-order valence-electron chi connectivity index (χ2n) is 4.62. The van der Waals surface area contributed by atoms with Crippen LogP contribution in [0.4, 0.5) is 13.2 Å². The van der Waals surface area contributed by atoms with E-state index in [2.05, 4.69) is 0 Å². The van der Waals surface area contributed by atoms with E-state index < -0.39 is 35.1 Å². The lowest BCUT2D eigenvalue weighted by atomic mass is 10.1. The molecule has 1 aromatic carbocycles. The number of rotatable bonds is 2. The number of hydrogen-bond donors (Lipinski definition) is 1. The topological polar surface area (TPSA) is 57.6 Å². The summed E-state index contributed by atoms with van der Waals surface area (Å²) in [6.07, 6.45) is -4.35. The summed E-state index contributed by atoms with van der Waals surface area (Å²) < 4.78 is 38.5. The van der Waals surface area contributed by atoms with Crippen LogP contribution in [-0.2, 0) is 11.0 Å². The van der Waals surface area contributed by atoms with Crippen molar-refractivity contribution in [2.45, 2.75) is 12.6 Å². The Kier molecular flexibility index (Phi) is 3.69. The molecule has 0 aromatic heterocycles. The molecule has 1 atom stereocenters. The number of halogens is 3. The Labute approximate surface area is 112 Å². The van der Waals surface area contributed by atoms with Gasteiger partial charge >= 0.3 is 12.1 Å². The summed E-state index contributed by atoms with van der Waals surface area (Å²) in [4.78, 5) is 24.1. The van der Waals surface area contributed by atoms with Gasteiger partial charge in [0.05, 0.1) is 17.0 Å². The molecule has 2 rings (SSSR count). The van der Waals surface area contributed by atoms with E-state index in [0.717, 1.165) is 17.0 Å². The van der Waals surface area contributed by atoms with Gasteiger partial charge in [-0.3, -0.25) is 9.59 Å². The zero-order valence-corrected chi connectivity index (χ0v) is 10.4. The molecule has 1 heterocycles. The number of aliphatic carboxylic acids is 1. The molecule has 20 heavy (non-hydrogen) atoms. The predicted octanol–water partition coefficient (Wildman–Crippen LogP) is 2.25. The van der Waals surface area contributed by atoms with Gasteiger partial charge in [0, 0.05) is 13.1 Å². The molecule has 108 valence electrons. The fraction of sp³-hybridized carbons (Fsp3) is 0.385. The number of nitrogens with zero attached hydrogens (tertiary/aromatic N) is 1. The molecule has 7 heteroatoms. The number of alkyl halides is 3. The fourth-order valence-electron chi connectivity index (χ4n) is 2.23. The molecule has 0 unspecified atom stereocenters. The number of likely N-dealkylation sites (tertiary alicyclic amines) is 1. The van der Waals surface area contributed by atoms with Gasteiger partial charge in [-0.2, -0.15) is 13.2 Å². The summed E-state index contributed by atoms with van der Waals surface area (Å²) in [6, 6.07) is 4.52. The van der Waals surface area contributed by atoms with Crippen LogP contribution in [0.2, 0.25) is 0 Å². The molecule has 1 N–H and O–H groups in total. The van der Waals surface area contributed by atoms with Crippen LogP contribution < -0.4 is 0 Å². The van der Waals surface area contributed by atoms with Gasteiger partial charge in [-0.1, -0.05) is 12.1 Å². The van der Waals surface area contributed by atoms with E-state index in [4.69, 9.17) is 5.11 Å². The number of benzene rings is 1. The first kappa shape index (κ1) is 14.4. The van der Waals surface area contributed by atoms with Crippen molar-refractivity contribution in [2.75, 3.05) is 13.1 Å². The van der Waals surface area contributed by atoms with Crippen molar-refractivity contribution in [3.05, 3.63) is 35.4 Å². The molecular weight excluding hydrogens is 275 g/mol. The Morgan fingerprint density at radius 3 is 2.45 bits per heavy atom. The van der Waals surface area contributed by atoms with Gasteiger partial charge in [-0.05, 0) is 18.6 Å². The third kappa shape index (κ3) is 2.76. The van der Waals surface area contributed by atoms with Crippen LogP contribution in [0.25, 0.3) is 0 Å². The van der Waals surface area contributed by atoms with E-state index in [0.29, 0.717) is 0 Å². The van der Waals surface area contributed by atoms with Gasteiger partial charge in [0.25, 0.3) is 5.91 Å². The summed E-state index contributed by atoms with van der Waals surface area (Å²) in [7, 11) is 0. The predicted molar refractivity (Wildman–Crippen MR) is 63.1 cm³/mol. The van der Waals surface area contributed by atoms with Crippen molar-refractivity contribution in [3.8, 4) is 0 Å². The Hall–Kier alpha value is -2.05. The lowest BCUT2D eigenvalue weighted by Crippen LogP contribution is -2.31. The molecule has 1 aliphatic heterocycles. The normalized spacial score (nSPS) is 19.1. The van der Waals surface area contributed by atoms with Gasteiger partial charge in [-0.25, -0.2) is 0 Å². The van der Waals surface area contributed by atoms with E-state index in [-0.39, 0.29) is 19.5 Å². The maximum absolute atomic E-state index is 12.8. The van der Waals surface area contributed by atoms with Crippen LogP contribution in [0.3, 0.4) is 0 Å². The van der Waals surface area contributed by atoms with Crippen molar-refractivity contribution in [2.24, 2.45) is 5.92 Å². The molecule has 0 spiro atoms. The molecule has 0 radical (unpaired) electrons. The van der Waals surface area contributed by atoms with E-state index in [9.17, 15) is 22.8 Å². The third-order valence-electron chi connectivity index (χ3n) is 3.29. The first-order valence-corrected chi connectivity index (χ1v) is 5.99. The van der Waals surface area contributed by atoms with Crippen molar-refractivity contribution < 1.29 is 27.9 Å². The van der Waals surface area contributed by atoms with Gasteiger partial charge in [0.1, 0.15) is 0 Å². The SMILES string of the molecule is O=C(O)[C@@H]1CCN(C(=O)c2ccccc2C(F)(F)F)C1. The smallest absolute Gasteiger partial charge is 0.417 e. The maximum atomic E-state index is 12.8. The van der Waals surface area contributed by atoms with Gasteiger partial charge in [0.15, 0.2) is 0 Å². The molecule has 1 fully saturated rings. The quantitative estimate of drug-likeness (QED) is 0.907. The van der Waals surface area contributed by atoms with Crippen LogP contribution >= 0.6 is 0 Å². The first-order chi connectivity index (χ1) is 9.30. The van der Waals surface area contributed by atoms with Crippen LogP contribution in [0.15, 0.2) is 24.3 Å². The molecule has 1 saturated heterocycles. The van der Waals surface area contributed by atoms with E-state index in [1.807, 2.05) is 0 Å². The molecular formula is C13H12F3NO3. The van der Waals surface area contributed by atoms with Crippen LogP contribution in [0.5, 0.6) is 0 Å². The van der Waals surface area contributed by atoms with Crippen LogP contribution in [-0.4, -0.2) is 35.0 Å². The fourth-order valence-corrected chi connectivity index (χ4v) is 2.23. The maximum Gasteiger partial charge on any atom is 0.417 e. The molecule has 1 aliphatic rings. The standard InChI is InChI=1S/C13H12F3NO3/c14-13(15,16)10-4-2-1-3-9(10)11(18)17-6-5-8(7-17)12(19)20/h1-4,8H,5-7H2,(H,19,20)/t8-/m1/s1. The summed E-state index contributed by atoms with van der Waals surface area (Å²) in [5.74, 6) is -2.52. The van der Waals surface area contributed by atoms with Crippen molar-refractivity contribution in [3.63, 3.8) is 0 Å². The molecule has 1 aromatic rings. The summed E-state index contributed by atoms with van der Waals surface area (Å²) in [6.45, 7) is 0.0996. The molecule has 0 bridgehead atoms. The molecule has 4 nitrogen and oxygen atoms in total. The lowest BCUT2D eigenvalue weighted by Gasteiger charge is -2.19. The van der Waals surface area contributed by atoms with Crippen LogP contribution in [0, 0.1) is 5.92 Å². The molecule has 0 saturated carbocycles. The number of carboxylic acid groups (broad SMARTS) is 1. The number of hydrogen-bond acceptors (Lipinski definition) is 2. The van der Waals surface area contributed by atoms with Crippen molar-refractivity contribution in [1.29, 1.82) is 0 Å². The van der Waals surface area contributed by atoms with Gasteiger partial charge in [-0.15, -0.1) is 0 Å². The monoisotopic (exact) mass is 287 g/mol. The average Bonchev–Trinajstić information content (AvgIpc) is 2.86. The average molecular weight is 287 g/mol. The molecule has 0 aliphatic carbocycles. The summed E-state index contributed by atoms with van der Waals surface area (Å²) in [5.41, 5.74) is -1.44. The highest BCUT2D eigenvalue weighted by atomic mass is 19.4. The highest BCUT2D eigenvalue weighted by molar-refractivity contribution is 5.96. The minimum Gasteiger partial charge on any atom is -0.481 e. The lowest BCUT2D eigenvalue weighted by molar-refractivity contribution is -0.141. The highest BCUT2D eigenvalue weighted by Gasteiger charge is 2.38. The Bertz CT molecular complexity index is 542. The Morgan fingerprint density at radius 2 is 1.90 bits per heavy atom. The van der Waals surface area contributed by atoms with Crippen molar-refractivity contribution >= 4 is 11.9 Å². The molecule has 1 amide bonds. The second kappa shape index (κ2) is 5.15. The minimum atomic E-state index is -4.61. The zero-order chi connectivity index (χ0) is 14.9. The first-order valence-electron chi connectivity index (χ1n) is 5.99. The summed E-state index contributed by atoms with van der Waals surface area (Å²) >= 11 is 0. The van der Waals surface area contributed by atoms with E-state index in [1.165, 1.54) is 12.1 Å². The van der Waals surface area contributed by atoms with Gasteiger partial charge in [0.2, 0.25) is 0 Å². The number of carboxylic acids is 1.